The molecule has 34 heavy (non-hydrogen) atoms. The first-order valence-electron chi connectivity index (χ1n) is 9.91. The highest BCUT2D eigenvalue weighted by atomic mass is 16.4. The lowest BCUT2D eigenvalue weighted by atomic mass is 10.0. The summed E-state index contributed by atoms with van der Waals surface area (Å²) in [5, 5.41) is 42.9. The van der Waals surface area contributed by atoms with E-state index in [9.17, 15) is 39.0 Å². The van der Waals surface area contributed by atoms with Crippen molar-refractivity contribution < 1.29 is 49.2 Å². The zero-order chi connectivity index (χ0) is 26.0. The Kier molecular flexibility index (Phi) is 10.4. The van der Waals surface area contributed by atoms with Crippen molar-refractivity contribution in [1.82, 2.24) is 16.0 Å². The number of aliphatic carboxylic acids is 3. The molecule has 1 rings (SSSR count). The Balaban J connectivity index is 2.86. The predicted octanol–water partition coefficient (Wildman–Crippen LogP) is -2.23. The third-order valence-corrected chi connectivity index (χ3v) is 4.49. The molecule has 14 nitrogen and oxygen atoms in total. The van der Waals surface area contributed by atoms with Gasteiger partial charge in [0, 0.05) is 6.42 Å². The van der Waals surface area contributed by atoms with E-state index < -0.39 is 72.6 Å². The van der Waals surface area contributed by atoms with Gasteiger partial charge in [0.2, 0.25) is 17.7 Å². The minimum atomic E-state index is -1.68. The maximum absolute atomic E-state index is 12.6. The predicted molar refractivity (Wildman–Crippen MR) is 113 cm³/mol. The molecule has 14 heteroatoms. The van der Waals surface area contributed by atoms with Crippen LogP contribution in [-0.2, 0) is 35.2 Å². The van der Waals surface area contributed by atoms with Crippen molar-refractivity contribution in [3.05, 3.63) is 29.8 Å². The van der Waals surface area contributed by atoms with E-state index in [4.69, 9.17) is 15.9 Å². The van der Waals surface area contributed by atoms with Crippen LogP contribution in [0.1, 0.15) is 25.3 Å². The van der Waals surface area contributed by atoms with E-state index in [2.05, 4.69) is 16.0 Å². The number of hydrogen-bond donors (Lipinski definition) is 8. The summed E-state index contributed by atoms with van der Waals surface area (Å²) >= 11 is 0. The number of carbonyl (C=O) groups is 6. The van der Waals surface area contributed by atoms with Gasteiger partial charge in [-0.05, 0) is 24.6 Å². The SMILES string of the molecule is CC(NC(=O)C(N)CC(=O)O)C(=O)NC(CC(=O)O)C(=O)NC(Cc1ccc(O)cc1)C(=O)O. The summed E-state index contributed by atoms with van der Waals surface area (Å²) in [5.41, 5.74) is 5.86. The van der Waals surface area contributed by atoms with E-state index in [1.165, 1.54) is 31.2 Å². The number of phenolic OH excluding ortho intramolecular Hbond substituents is 1. The number of carboxylic acid groups (broad SMARTS) is 3. The Morgan fingerprint density at radius 1 is 0.794 bits per heavy atom. The van der Waals surface area contributed by atoms with Gasteiger partial charge < -0.3 is 42.1 Å². The van der Waals surface area contributed by atoms with Crippen molar-refractivity contribution >= 4 is 35.6 Å². The van der Waals surface area contributed by atoms with Crippen molar-refractivity contribution in [1.29, 1.82) is 0 Å². The second kappa shape index (κ2) is 12.7. The molecule has 0 heterocycles. The summed E-state index contributed by atoms with van der Waals surface area (Å²) in [4.78, 5) is 70.2. The van der Waals surface area contributed by atoms with E-state index in [1.807, 2.05) is 0 Å². The Morgan fingerprint density at radius 3 is 1.82 bits per heavy atom. The fourth-order valence-corrected chi connectivity index (χ4v) is 2.69. The molecule has 0 bridgehead atoms. The van der Waals surface area contributed by atoms with Crippen molar-refractivity contribution in [2.75, 3.05) is 0 Å². The number of aromatic hydroxyl groups is 1. The van der Waals surface area contributed by atoms with Crippen LogP contribution in [0.3, 0.4) is 0 Å². The zero-order valence-electron chi connectivity index (χ0n) is 18.1. The molecule has 0 radical (unpaired) electrons. The van der Waals surface area contributed by atoms with Crippen molar-refractivity contribution in [3.63, 3.8) is 0 Å². The first kappa shape index (κ1) is 27.8. The second-order valence-electron chi connectivity index (χ2n) is 7.36. The maximum Gasteiger partial charge on any atom is 0.326 e. The van der Waals surface area contributed by atoms with Gasteiger partial charge in [-0.1, -0.05) is 12.1 Å². The van der Waals surface area contributed by atoms with E-state index in [1.54, 1.807) is 0 Å². The largest absolute Gasteiger partial charge is 0.508 e. The van der Waals surface area contributed by atoms with Crippen LogP contribution in [0.2, 0.25) is 0 Å². The molecule has 4 unspecified atom stereocenters. The third-order valence-electron chi connectivity index (χ3n) is 4.49. The van der Waals surface area contributed by atoms with Crippen LogP contribution in [0.15, 0.2) is 24.3 Å². The number of hydrogen-bond acceptors (Lipinski definition) is 8. The highest BCUT2D eigenvalue weighted by Gasteiger charge is 2.30. The van der Waals surface area contributed by atoms with E-state index in [0.717, 1.165) is 0 Å². The Labute approximate surface area is 193 Å². The average molecular weight is 482 g/mol. The molecule has 0 aromatic heterocycles. The lowest BCUT2D eigenvalue weighted by Gasteiger charge is -2.23. The van der Waals surface area contributed by atoms with E-state index in [0.29, 0.717) is 5.56 Å². The van der Waals surface area contributed by atoms with E-state index >= 15 is 0 Å². The molecule has 1 aromatic carbocycles. The molecule has 0 saturated carbocycles. The fraction of sp³-hybridized carbons (Fsp3) is 0.400. The van der Waals surface area contributed by atoms with Crippen molar-refractivity contribution in [2.24, 2.45) is 5.73 Å². The quantitative estimate of drug-likeness (QED) is 0.149. The van der Waals surface area contributed by atoms with E-state index in [-0.39, 0.29) is 12.2 Å². The van der Waals surface area contributed by atoms with Crippen LogP contribution < -0.4 is 21.7 Å². The van der Waals surface area contributed by atoms with Crippen LogP contribution in [0, 0.1) is 0 Å². The fourth-order valence-electron chi connectivity index (χ4n) is 2.69. The number of nitrogens with one attached hydrogen (secondary N) is 3. The van der Waals surface area contributed by atoms with Crippen molar-refractivity contribution in [3.8, 4) is 5.75 Å². The van der Waals surface area contributed by atoms with Crippen LogP contribution >= 0.6 is 0 Å². The first-order valence-corrected chi connectivity index (χ1v) is 9.91. The minimum absolute atomic E-state index is 0.0472. The average Bonchev–Trinajstić information content (AvgIpc) is 2.73. The third kappa shape index (κ3) is 9.52. The number of carbonyl (C=O) groups excluding carboxylic acids is 3. The molecule has 0 aliphatic heterocycles. The van der Waals surface area contributed by atoms with Crippen LogP contribution in [0.4, 0.5) is 0 Å². The molecule has 9 N–H and O–H groups in total. The summed E-state index contributed by atoms with van der Waals surface area (Å²) < 4.78 is 0. The second-order valence-corrected chi connectivity index (χ2v) is 7.36. The number of carboxylic acids is 3. The highest BCUT2D eigenvalue weighted by molar-refractivity contribution is 5.95. The van der Waals surface area contributed by atoms with Gasteiger partial charge in [0.1, 0.15) is 23.9 Å². The Bertz CT molecular complexity index is 934. The van der Waals surface area contributed by atoms with Gasteiger partial charge in [-0.2, -0.15) is 0 Å². The van der Waals surface area contributed by atoms with Gasteiger partial charge in [0.15, 0.2) is 0 Å². The summed E-state index contributed by atoms with van der Waals surface area (Å²) in [5.74, 6) is -7.30. The van der Waals surface area contributed by atoms with Gasteiger partial charge in [0.05, 0.1) is 18.9 Å². The van der Waals surface area contributed by atoms with Crippen LogP contribution in [-0.4, -0.2) is 80.2 Å². The smallest absolute Gasteiger partial charge is 0.326 e. The standard InChI is InChI=1S/C20H26N4O10/c1-9(22-18(31)12(21)7-15(26)27)17(30)23-13(8-16(28)29)19(32)24-14(20(33)34)6-10-2-4-11(25)5-3-10/h2-5,9,12-14,25H,6-8,21H2,1H3,(H,22,31)(H,23,30)(H,24,32)(H,26,27)(H,28,29)(H,33,34). The Morgan fingerprint density at radius 2 is 1.32 bits per heavy atom. The number of rotatable bonds is 13. The summed E-state index contributed by atoms with van der Waals surface area (Å²) in [6.45, 7) is 1.20. The normalized spacial score (nSPS) is 14.1. The molecule has 186 valence electrons. The van der Waals surface area contributed by atoms with Crippen LogP contribution in [0.25, 0.3) is 0 Å². The molecule has 0 aliphatic carbocycles. The van der Waals surface area contributed by atoms with Gasteiger partial charge in [-0.15, -0.1) is 0 Å². The van der Waals surface area contributed by atoms with Gasteiger partial charge in [-0.3, -0.25) is 24.0 Å². The lowest BCUT2D eigenvalue weighted by molar-refractivity contribution is -0.143. The molecule has 0 spiro atoms. The number of amides is 3. The van der Waals surface area contributed by atoms with Gasteiger partial charge in [-0.25, -0.2) is 4.79 Å². The maximum atomic E-state index is 12.6. The van der Waals surface area contributed by atoms with Crippen LogP contribution in [0.5, 0.6) is 5.75 Å². The Hall–Kier alpha value is -4.20. The molecule has 3 amide bonds. The zero-order valence-corrected chi connectivity index (χ0v) is 18.1. The molecule has 1 aromatic rings. The monoisotopic (exact) mass is 482 g/mol. The number of benzene rings is 1. The topological polar surface area (TPSA) is 245 Å². The minimum Gasteiger partial charge on any atom is -0.508 e. The summed E-state index contributed by atoms with van der Waals surface area (Å²) in [6, 6.07) is -0.398. The number of phenols is 1. The van der Waals surface area contributed by atoms with Crippen molar-refractivity contribution in [2.45, 2.75) is 50.4 Å². The molecule has 0 aliphatic rings. The molecule has 0 fully saturated rings. The molecular weight excluding hydrogens is 456 g/mol. The molecular formula is C20H26N4O10. The lowest BCUT2D eigenvalue weighted by Crippen LogP contribution is -2.57. The van der Waals surface area contributed by atoms with Gasteiger partial charge in [0.25, 0.3) is 0 Å². The molecule has 0 saturated heterocycles. The summed E-state index contributed by atoms with van der Waals surface area (Å²) in [6.07, 6.45) is -1.77. The number of nitrogens with two attached hydrogens (primary N) is 1. The highest BCUT2D eigenvalue weighted by Crippen LogP contribution is 2.11. The first-order chi connectivity index (χ1) is 15.8. The molecule has 4 atom stereocenters. The van der Waals surface area contributed by atoms with Gasteiger partial charge >= 0.3 is 17.9 Å². The summed E-state index contributed by atoms with van der Waals surface area (Å²) in [7, 11) is 0.